The summed E-state index contributed by atoms with van der Waals surface area (Å²) in [7, 11) is -3.78. The summed E-state index contributed by atoms with van der Waals surface area (Å²) in [5, 5.41) is 3.35. The van der Waals surface area contributed by atoms with E-state index in [0.29, 0.717) is 30.0 Å². The fourth-order valence-corrected chi connectivity index (χ4v) is 7.24. The van der Waals surface area contributed by atoms with Crippen molar-refractivity contribution in [2.45, 2.75) is 56.4 Å². The van der Waals surface area contributed by atoms with Gasteiger partial charge in [-0.15, -0.1) is 11.3 Å². The number of sulfonamides is 1. The fourth-order valence-electron chi connectivity index (χ4n) is 4.29. The number of hydrogen-bond donors (Lipinski definition) is 1. The van der Waals surface area contributed by atoms with Gasteiger partial charge in [-0.1, -0.05) is 18.2 Å². The highest BCUT2D eigenvalue weighted by Crippen LogP contribution is 2.39. The van der Waals surface area contributed by atoms with E-state index >= 15 is 0 Å². The predicted molar refractivity (Wildman–Crippen MR) is 119 cm³/mol. The van der Waals surface area contributed by atoms with Crippen molar-refractivity contribution in [2.24, 2.45) is 0 Å². The molecule has 0 radical (unpaired) electrons. The molecule has 1 amide bonds. The van der Waals surface area contributed by atoms with Gasteiger partial charge in [0, 0.05) is 11.4 Å². The molecule has 0 saturated carbocycles. The van der Waals surface area contributed by atoms with E-state index in [0.717, 1.165) is 36.1 Å². The second-order valence-corrected chi connectivity index (χ2v) is 10.7. The molecule has 1 aromatic heterocycles. The Labute approximate surface area is 186 Å². The topological polar surface area (TPSA) is 92.8 Å². The van der Waals surface area contributed by atoms with Crippen LogP contribution in [0.15, 0.2) is 35.2 Å². The minimum Gasteiger partial charge on any atom is -0.462 e. The Kier molecular flexibility index (Phi) is 6.45. The smallest absolute Gasteiger partial charge is 0.341 e. The average Bonchev–Trinajstić information content (AvgIpc) is 3.40. The van der Waals surface area contributed by atoms with Crippen LogP contribution in [0.4, 0.5) is 5.00 Å². The van der Waals surface area contributed by atoms with Crippen LogP contribution < -0.4 is 5.32 Å². The summed E-state index contributed by atoms with van der Waals surface area (Å²) in [5.41, 5.74) is 1.40. The average molecular weight is 463 g/mol. The summed E-state index contributed by atoms with van der Waals surface area (Å²) < 4.78 is 32.7. The molecule has 2 aliphatic rings. The van der Waals surface area contributed by atoms with Crippen LogP contribution >= 0.6 is 11.3 Å². The van der Waals surface area contributed by atoms with Crippen molar-refractivity contribution < 1.29 is 22.7 Å². The summed E-state index contributed by atoms with van der Waals surface area (Å²) in [6.07, 6.45) is 4.76. The third-order valence-corrected chi connectivity index (χ3v) is 8.87. The number of hydrogen-bond acceptors (Lipinski definition) is 6. The van der Waals surface area contributed by atoms with Crippen LogP contribution in [0.5, 0.6) is 0 Å². The van der Waals surface area contributed by atoms with E-state index in [1.165, 1.54) is 27.8 Å². The van der Waals surface area contributed by atoms with Crippen molar-refractivity contribution >= 4 is 38.2 Å². The van der Waals surface area contributed by atoms with Gasteiger partial charge in [0.2, 0.25) is 15.9 Å². The molecule has 1 aliphatic heterocycles. The number of fused-ring (bicyclic) bond motifs is 1. The maximum absolute atomic E-state index is 13.2. The van der Waals surface area contributed by atoms with E-state index in [9.17, 15) is 18.0 Å². The maximum Gasteiger partial charge on any atom is 0.341 e. The Morgan fingerprint density at radius 2 is 1.90 bits per heavy atom. The number of rotatable bonds is 6. The van der Waals surface area contributed by atoms with Crippen LogP contribution in [0.1, 0.15) is 53.4 Å². The lowest BCUT2D eigenvalue weighted by Gasteiger charge is -2.23. The van der Waals surface area contributed by atoms with Crippen molar-refractivity contribution in [2.75, 3.05) is 18.5 Å². The summed E-state index contributed by atoms with van der Waals surface area (Å²) >= 11 is 1.41. The number of nitrogens with zero attached hydrogens (tertiary/aromatic N) is 1. The van der Waals surface area contributed by atoms with E-state index in [1.54, 1.807) is 25.1 Å². The van der Waals surface area contributed by atoms with Gasteiger partial charge in [0.1, 0.15) is 11.0 Å². The zero-order valence-electron chi connectivity index (χ0n) is 17.4. The van der Waals surface area contributed by atoms with Gasteiger partial charge in [0.05, 0.1) is 17.1 Å². The molecule has 1 saturated heterocycles. The van der Waals surface area contributed by atoms with Gasteiger partial charge in [0.15, 0.2) is 0 Å². The molecule has 9 heteroatoms. The molecule has 1 fully saturated rings. The number of amides is 1. The van der Waals surface area contributed by atoms with E-state index in [2.05, 4.69) is 5.32 Å². The van der Waals surface area contributed by atoms with Crippen LogP contribution in [0.3, 0.4) is 0 Å². The van der Waals surface area contributed by atoms with Gasteiger partial charge < -0.3 is 10.1 Å². The molecule has 31 heavy (non-hydrogen) atoms. The summed E-state index contributed by atoms with van der Waals surface area (Å²) in [5.74, 6) is -0.835. The first-order valence-electron chi connectivity index (χ1n) is 10.6. The van der Waals surface area contributed by atoms with Crippen molar-refractivity contribution in [3.05, 3.63) is 46.3 Å². The van der Waals surface area contributed by atoms with Gasteiger partial charge in [-0.25, -0.2) is 13.2 Å². The van der Waals surface area contributed by atoms with Gasteiger partial charge in [-0.2, -0.15) is 4.31 Å². The molecule has 1 aliphatic carbocycles. The van der Waals surface area contributed by atoms with E-state index in [1.807, 2.05) is 0 Å². The Balaban J connectivity index is 1.61. The number of benzene rings is 1. The number of anilines is 1. The molecule has 4 rings (SSSR count). The number of aryl methyl sites for hydroxylation is 1. The second-order valence-electron chi connectivity index (χ2n) is 7.71. The number of nitrogens with one attached hydrogen (secondary N) is 1. The molecule has 0 bridgehead atoms. The van der Waals surface area contributed by atoms with Gasteiger partial charge in [-0.05, 0) is 63.1 Å². The van der Waals surface area contributed by atoms with E-state index in [-0.39, 0.29) is 11.5 Å². The summed E-state index contributed by atoms with van der Waals surface area (Å²) in [4.78, 5) is 27.1. The van der Waals surface area contributed by atoms with Crippen LogP contribution in [0.25, 0.3) is 0 Å². The first kappa shape index (κ1) is 22.0. The highest BCUT2D eigenvalue weighted by Gasteiger charge is 2.40. The molecule has 0 spiro atoms. The Morgan fingerprint density at radius 3 is 2.65 bits per heavy atom. The van der Waals surface area contributed by atoms with Crippen molar-refractivity contribution in [3.63, 3.8) is 0 Å². The Bertz CT molecular complexity index is 1080. The third-order valence-electron chi connectivity index (χ3n) is 5.74. The van der Waals surface area contributed by atoms with E-state index in [4.69, 9.17) is 4.74 Å². The van der Waals surface area contributed by atoms with E-state index < -0.39 is 27.9 Å². The molecular weight excluding hydrogens is 436 g/mol. The van der Waals surface area contributed by atoms with Crippen LogP contribution in [0.2, 0.25) is 0 Å². The number of thiophene rings is 1. The van der Waals surface area contributed by atoms with Gasteiger partial charge in [0.25, 0.3) is 0 Å². The SMILES string of the molecule is CCOC(=O)c1c(NC(=O)[C@H]2CCCN2S(=O)(=O)c2ccccc2)sc2c1CCCC2. The number of carbonyl (C=O) groups excluding carboxylic acids is 2. The first-order valence-corrected chi connectivity index (χ1v) is 12.9. The highest BCUT2D eigenvalue weighted by molar-refractivity contribution is 7.89. The number of carbonyl (C=O) groups is 2. The molecular formula is C22H26N2O5S2. The summed E-state index contributed by atoms with van der Waals surface area (Å²) in [6, 6.07) is 7.35. The van der Waals surface area contributed by atoms with Crippen molar-refractivity contribution in [3.8, 4) is 0 Å². The largest absolute Gasteiger partial charge is 0.462 e. The lowest BCUT2D eigenvalue weighted by Crippen LogP contribution is -2.43. The number of esters is 1. The van der Waals surface area contributed by atoms with Crippen LogP contribution in [-0.4, -0.2) is 43.8 Å². The van der Waals surface area contributed by atoms with Crippen molar-refractivity contribution in [1.29, 1.82) is 0 Å². The quantitative estimate of drug-likeness (QED) is 0.662. The Hall–Kier alpha value is -2.23. The molecule has 2 heterocycles. The molecule has 1 N–H and O–H groups in total. The third kappa shape index (κ3) is 4.26. The molecule has 1 aromatic carbocycles. The monoisotopic (exact) mass is 462 g/mol. The van der Waals surface area contributed by atoms with Crippen LogP contribution in [0, 0.1) is 0 Å². The molecule has 0 unspecified atom stereocenters. The molecule has 7 nitrogen and oxygen atoms in total. The summed E-state index contributed by atoms with van der Waals surface area (Å²) in [6.45, 7) is 2.30. The lowest BCUT2D eigenvalue weighted by atomic mass is 9.95. The molecule has 166 valence electrons. The van der Waals surface area contributed by atoms with Crippen molar-refractivity contribution in [1.82, 2.24) is 4.31 Å². The van der Waals surface area contributed by atoms with Crippen LogP contribution in [-0.2, 0) is 32.4 Å². The fraction of sp³-hybridized carbons (Fsp3) is 0.455. The molecule has 1 atom stereocenters. The second kappa shape index (κ2) is 9.10. The zero-order valence-corrected chi connectivity index (χ0v) is 19.1. The Morgan fingerprint density at radius 1 is 1.16 bits per heavy atom. The van der Waals surface area contributed by atoms with Gasteiger partial charge >= 0.3 is 5.97 Å². The minimum atomic E-state index is -3.78. The zero-order chi connectivity index (χ0) is 22.0. The lowest BCUT2D eigenvalue weighted by molar-refractivity contribution is -0.119. The van der Waals surface area contributed by atoms with Gasteiger partial charge in [-0.3, -0.25) is 4.79 Å². The minimum absolute atomic E-state index is 0.175. The first-order chi connectivity index (χ1) is 14.9. The normalized spacial score (nSPS) is 19.1. The predicted octanol–water partition coefficient (Wildman–Crippen LogP) is 3.60. The molecule has 2 aromatic rings. The standard InChI is InChI=1S/C22H26N2O5S2/c1-2-29-22(26)19-16-11-6-7-13-18(16)30-21(19)23-20(25)17-12-8-14-24(17)31(27,28)15-9-4-3-5-10-15/h3-5,9-10,17H,2,6-8,11-14H2,1H3,(H,23,25)/t17-/m1/s1. The maximum atomic E-state index is 13.2. The highest BCUT2D eigenvalue weighted by atomic mass is 32.2. The number of ether oxygens (including phenoxy) is 1.